The molecule has 8 nitrogen and oxygen atoms in total. The van der Waals surface area contributed by atoms with Crippen molar-refractivity contribution in [3.05, 3.63) is 18.5 Å². The van der Waals surface area contributed by atoms with Gasteiger partial charge in [-0.2, -0.15) is 0 Å². The Balaban J connectivity index is 1.43. The summed E-state index contributed by atoms with van der Waals surface area (Å²) in [7, 11) is 0. The van der Waals surface area contributed by atoms with Crippen LogP contribution in [0.3, 0.4) is 0 Å². The summed E-state index contributed by atoms with van der Waals surface area (Å²) in [5.74, 6) is 0.522. The van der Waals surface area contributed by atoms with Crippen LogP contribution in [0, 0.1) is 0 Å². The number of urea groups is 1. The van der Waals surface area contributed by atoms with E-state index in [9.17, 15) is 9.59 Å². The fraction of sp³-hybridized carbons (Fsp3) is 0.667. The van der Waals surface area contributed by atoms with Crippen molar-refractivity contribution < 1.29 is 14.5 Å². The molecule has 26 heavy (non-hydrogen) atoms. The Kier molecular flexibility index (Phi) is 6.38. The quantitative estimate of drug-likeness (QED) is 0.687. The Hall–Kier alpha value is -2.22. The van der Waals surface area contributed by atoms with Crippen molar-refractivity contribution in [2.24, 2.45) is 0 Å². The van der Waals surface area contributed by atoms with Gasteiger partial charge in [0.25, 0.3) is 5.91 Å². The van der Waals surface area contributed by atoms with Crippen LogP contribution >= 0.6 is 0 Å². The van der Waals surface area contributed by atoms with Gasteiger partial charge < -0.3 is 15.1 Å². The SMILES string of the molecule is C[C@H](C(=O)NC(=O)NC1CCCCC1)[NH+]1CCN(c2ncccn2)CC1. The Morgan fingerprint density at radius 2 is 1.81 bits per heavy atom. The van der Waals surface area contributed by atoms with Gasteiger partial charge in [0.15, 0.2) is 6.04 Å². The van der Waals surface area contributed by atoms with Gasteiger partial charge in [-0.3, -0.25) is 10.1 Å². The van der Waals surface area contributed by atoms with Crippen molar-refractivity contribution in [2.45, 2.75) is 51.1 Å². The molecule has 1 atom stereocenters. The van der Waals surface area contributed by atoms with E-state index in [1.165, 1.54) is 11.3 Å². The van der Waals surface area contributed by atoms with Crippen LogP contribution in [-0.4, -0.2) is 60.2 Å². The first-order chi connectivity index (χ1) is 12.6. The number of nitrogens with one attached hydrogen (secondary N) is 3. The Morgan fingerprint density at radius 3 is 2.46 bits per heavy atom. The number of quaternary nitrogens is 1. The number of aromatic nitrogens is 2. The highest BCUT2D eigenvalue weighted by Crippen LogP contribution is 2.17. The summed E-state index contributed by atoms with van der Waals surface area (Å²) in [6, 6.07) is 1.39. The van der Waals surface area contributed by atoms with E-state index in [4.69, 9.17) is 0 Å². The summed E-state index contributed by atoms with van der Waals surface area (Å²) in [5, 5.41) is 5.45. The fourth-order valence-corrected chi connectivity index (χ4v) is 3.76. The lowest BCUT2D eigenvalue weighted by Crippen LogP contribution is -3.19. The highest BCUT2D eigenvalue weighted by atomic mass is 16.2. The van der Waals surface area contributed by atoms with Crippen LogP contribution in [0.2, 0.25) is 0 Å². The Bertz CT molecular complexity index is 597. The summed E-state index contributed by atoms with van der Waals surface area (Å²) in [6.07, 6.45) is 9.02. The second-order valence-corrected chi connectivity index (χ2v) is 7.21. The van der Waals surface area contributed by atoms with Crippen molar-refractivity contribution in [1.82, 2.24) is 20.6 Å². The summed E-state index contributed by atoms with van der Waals surface area (Å²) in [4.78, 5) is 36.3. The van der Waals surface area contributed by atoms with Crippen LogP contribution in [0.15, 0.2) is 18.5 Å². The number of imide groups is 1. The molecule has 2 heterocycles. The topological polar surface area (TPSA) is 91.7 Å². The molecule has 2 fully saturated rings. The van der Waals surface area contributed by atoms with E-state index in [2.05, 4.69) is 25.5 Å². The Morgan fingerprint density at radius 1 is 1.15 bits per heavy atom. The molecule has 142 valence electrons. The minimum Gasteiger partial charge on any atom is -0.335 e. The minimum absolute atomic E-state index is 0.202. The smallest absolute Gasteiger partial charge is 0.321 e. The molecule has 3 rings (SSSR count). The van der Waals surface area contributed by atoms with Crippen LogP contribution in [0.1, 0.15) is 39.0 Å². The minimum atomic E-state index is -0.357. The van der Waals surface area contributed by atoms with Gasteiger partial charge in [-0.15, -0.1) is 0 Å². The van der Waals surface area contributed by atoms with Crippen molar-refractivity contribution in [2.75, 3.05) is 31.1 Å². The van der Waals surface area contributed by atoms with E-state index in [1.807, 2.05) is 6.92 Å². The largest absolute Gasteiger partial charge is 0.335 e. The van der Waals surface area contributed by atoms with Crippen LogP contribution in [0.25, 0.3) is 0 Å². The average Bonchev–Trinajstić information content (AvgIpc) is 2.69. The third-order valence-electron chi connectivity index (χ3n) is 5.42. The number of piperazine rings is 1. The maximum atomic E-state index is 12.4. The predicted molar refractivity (Wildman–Crippen MR) is 98.0 cm³/mol. The van der Waals surface area contributed by atoms with Gasteiger partial charge in [0.2, 0.25) is 5.95 Å². The molecule has 0 radical (unpaired) electrons. The lowest BCUT2D eigenvalue weighted by molar-refractivity contribution is -0.914. The number of carbonyl (C=O) groups is 2. The second-order valence-electron chi connectivity index (χ2n) is 7.21. The maximum Gasteiger partial charge on any atom is 0.321 e. The molecule has 1 aliphatic heterocycles. The lowest BCUT2D eigenvalue weighted by atomic mass is 9.96. The molecular formula is C18H29N6O2+. The van der Waals surface area contributed by atoms with E-state index in [0.29, 0.717) is 0 Å². The van der Waals surface area contributed by atoms with Crippen LogP contribution in [0.5, 0.6) is 0 Å². The molecular weight excluding hydrogens is 332 g/mol. The van der Waals surface area contributed by atoms with E-state index in [1.54, 1.807) is 18.5 Å². The van der Waals surface area contributed by atoms with Gasteiger partial charge in [-0.05, 0) is 25.8 Å². The first kappa shape index (κ1) is 18.6. The summed E-state index contributed by atoms with van der Waals surface area (Å²) in [6.45, 7) is 5.11. The van der Waals surface area contributed by atoms with Gasteiger partial charge in [-0.1, -0.05) is 19.3 Å². The average molecular weight is 361 g/mol. The zero-order chi connectivity index (χ0) is 18.4. The Labute approximate surface area is 154 Å². The number of anilines is 1. The highest BCUT2D eigenvalue weighted by Gasteiger charge is 2.31. The van der Waals surface area contributed by atoms with Crippen molar-refractivity contribution >= 4 is 17.9 Å². The molecule has 2 aliphatic rings. The van der Waals surface area contributed by atoms with Gasteiger partial charge >= 0.3 is 6.03 Å². The van der Waals surface area contributed by atoms with Gasteiger partial charge in [0, 0.05) is 18.4 Å². The number of hydrogen-bond donors (Lipinski definition) is 3. The number of rotatable bonds is 4. The van der Waals surface area contributed by atoms with Gasteiger partial charge in [-0.25, -0.2) is 14.8 Å². The number of hydrogen-bond acceptors (Lipinski definition) is 5. The molecule has 0 unspecified atom stereocenters. The first-order valence-electron chi connectivity index (χ1n) is 9.61. The van der Waals surface area contributed by atoms with E-state index < -0.39 is 0 Å². The first-order valence-corrected chi connectivity index (χ1v) is 9.61. The second kappa shape index (κ2) is 8.93. The number of nitrogens with zero attached hydrogens (tertiary/aromatic N) is 3. The van der Waals surface area contributed by atoms with Crippen LogP contribution in [0.4, 0.5) is 10.7 Å². The molecule has 1 aromatic heterocycles. The van der Waals surface area contributed by atoms with Crippen molar-refractivity contribution in [3.63, 3.8) is 0 Å². The normalized spacial score (nSPS) is 20.4. The zero-order valence-electron chi connectivity index (χ0n) is 15.4. The standard InChI is InChI=1S/C18H28N6O2/c1-14(16(25)22-18(26)21-15-6-3-2-4-7-15)23-10-12-24(13-11-23)17-19-8-5-9-20-17/h5,8-9,14-15H,2-4,6-7,10-13H2,1H3,(H2,21,22,25,26)/p+1/t14-/m1/s1. The van der Waals surface area contributed by atoms with Crippen molar-refractivity contribution in [3.8, 4) is 0 Å². The number of amides is 3. The molecule has 1 saturated carbocycles. The lowest BCUT2D eigenvalue weighted by Gasteiger charge is -2.34. The maximum absolute atomic E-state index is 12.4. The third kappa shape index (κ3) is 4.91. The molecule has 1 aliphatic carbocycles. The number of carbonyl (C=O) groups excluding carboxylic acids is 2. The molecule has 0 aromatic carbocycles. The van der Waals surface area contributed by atoms with E-state index in [-0.39, 0.29) is 24.0 Å². The fourth-order valence-electron chi connectivity index (χ4n) is 3.76. The van der Waals surface area contributed by atoms with E-state index in [0.717, 1.165) is 57.8 Å². The van der Waals surface area contributed by atoms with Crippen LogP contribution in [-0.2, 0) is 4.79 Å². The predicted octanol–water partition coefficient (Wildman–Crippen LogP) is -0.271. The highest BCUT2D eigenvalue weighted by molar-refractivity contribution is 5.96. The summed E-state index contributed by atoms with van der Waals surface area (Å²) < 4.78 is 0. The van der Waals surface area contributed by atoms with Gasteiger partial charge in [0.05, 0.1) is 26.2 Å². The molecule has 0 bridgehead atoms. The van der Waals surface area contributed by atoms with Crippen LogP contribution < -0.4 is 20.4 Å². The van der Waals surface area contributed by atoms with Crippen molar-refractivity contribution in [1.29, 1.82) is 0 Å². The molecule has 1 aromatic rings. The summed E-state index contributed by atoms with van der Waals surface area (Å²) >= 11 is 0. The molecule has 1 saturated heterocycles. The summed E-state index contributed by atoms with van der Waals surface area (Å²) in [5.41, 5.74) is 0. The molecule has 0 spiro atoms. The zero-order valence-corrected chi connectivity index (χ0v) is 15.4. The van der Waals surface area contributed by atoms with Gasteiger partial charge in [0.1, 0.15) is 0 Å². The molecule has 3 N–H and O–H groups in total. The molecule has 8 heteroatoms. The monoisotopic (exact) mass is 361 g/mol. The molecule has 3 amide bonds. The van der Waals surface area contributed by atoms with E-state index >= 15 is 0 Å². The third-order valence-corrected chi connectivity index (χ3v) is 5.42.